The highest BCUT2D eigenvalue weighted by Crippen LogP contribution is 2.35. The second kappa shape index (κ2) is 5.01. The number of hydrogen-bond donors (Lipinski definition) is 1. The Kier molecular flexibility index (Phi) is 3.95. The van der Waals surface area contributed by atoms with Gasteiger partial charge in [0.15, 0.2) is 5.75 Å². The Labute approximate surface area is 97.8 Å². The number of nitrogens with zero attached hydrogens (tertiary/aromatic N) is 1. The van der Waals surface area contributed by atoms with Crippen LogP contribution < -0.4 is 0 Å². The fourth-order valence-corrected chi connectivity index (χ4v) is 1.67. The van der Waals surface area contributed by atoms with E-state index < -0.39 is 0 Å². The number of phenolic OH excluding ortho intramolecular Hbond substituents is 1. The molecule has 0 aliphatic heterocycles. The molecule has 15 heavy (non-hydrogen) atoms. The van der Waals surface area contributed by atoms with Gasteiger partial charge in [-0.3, -0.25) is 4.98 Å². The standard InChI is InChI=1S/C9H5Cl2NO.C2H4/c10-6-4-7(11)9(13)8-5(6)2-1-3-12-8;1-2/h1-4,13H;1-2H2. The second-order valence-corrected chi connectivity index (χ2v) is 3.40. The number of phenols is 1. The van der Waals surface area contributed by atoms with Crippen molar-refractivity contribution < 1.29 is 5.11 Å². The van der Waals surface area contributed by atoms with E-state index in [1.165, 1.54) is 6.07 Å². The van der Waals surface area contributed by atoms with Crippen LogP contribution in [-0.4, -0.2) is 10.1 Å². The second-order valence-electron chi connectivity index (χ2n) is 2.59. The fraction of sp³-hybridized carbons (Fsp3) is 0. The number of aromatic hydroxyl groups is 1. The third kappa shape index (κ3) is 2.22. The maximum absolute atomic E-state index is 9.53. The first-order valence-corrected chi connectivity index (χ1v) is 4.87. The lowest BCUT2D eigenvalue weighted by Crippen LogP contribution is -1.80. The highest BCUT2D eigenvalue weighted by atomic mass is 35.5. The summed E-state index contributed by atoms with van der Waals surface area (Å²) in [5.41, 5.74) is 0.431. The van der Waals surface area contributed by atoms with Crippen LogP contribution in [0.5, 0.6) is 5.75 Å². The van der Waals surface area contributed by atoms with Crippen molar-refractivity contribution in [2.75, 3.05) is 0 Å². The zero-order valence-corrected chi connectivity index (χ0v) is 9.39. The Hall–Kier alpha value is -1.25. The number of halogens is 2. The Morgan fingerprint density at radius 3 is 2.53 bits per heavy atom. The monoisotopic (exact) mass is 241 g/mol. The van der Waals surface area contributed by atoms with Gasteiger partial charge in [0.1, 0.15) is 5.52 Å². The molecule has 1 N–H and O–H groups in total. The number of aromatic nitrogens is 1. The highest BCUT2D eigenvalue weighted by Gasteiger charge is 2.08. The van der Waals surface area contributed by atoms with Crippen LogP contribution in [0, 0.1) is 0 Å². The molecule has 0 saturated heterocycles. The summed E-state index contributed by atoms with van der Waals surface area (Å²) in [6, 6.07) is 5.03. The van der Waals surface area contributed by atoms with E-state index in [0.717, 1.165) is 0 Å². The van der Waals surface area contributed by atoms with Gasteiger partial charge in [-0.2, -0.15) is 0 Å². The van der Waals surface area contributed by atoms with Crippen molar-refractivity contribution in [3.05, 3.63) is 47.6 Å². The van der Waals surface area contributed by atoms with Crippen LogP contribution in [0.25, 0.3) is 10.9 Å². The van der Waals surface area contributed by atoms with Gasteiger partial charge in [0.05, 0.1) is 10.0 Å². The van der Waals surface area contributed by atoms with Crippen molar-refractivity contribution in [3.63, 3.8) is 0 Å². The molecular weight excluding hydrogens is 233 g/mol. The first-order chi connectivity index (χ1) is 7.20. The molecule has 1 aromatic carbocycles. The van der Waals surface area contributed by atoms with E-state index in [1.54, 1.807) is 18.3 Å². The maximum atomic E-state index is 9.53. The van der Waals surface area contributed by atoms with Gasteiger partial charge in [-0.15, -0.1) is 13.2 Å². The van der Waals surface area contributed by atoms with Gasteiger partial charge < -0.3 is 5.11 Å². The molecule has 2 rings (SSSR count). The normalized spacial score (nSPS) is 9.47. The van der Waals surface area contributed by atoms with E-state index in [4.69, 9.17) is 23.2 Å². The molecular formula is C11H9Cl2NO. The van der Waals surface area contributed by atoms with Crippen LogP contribution in [0.2, 0.25) is 10.0 Å². The minimum Gasteiger partial charge on any atom is -0.504 e. The van der Waals surface area contributed by atoms with Crippen molar-refractivity contribution in [2.24, 2.45) is 0 Å². The molecule has 0 spiro atoms. The molecule has 4 heteroatoms. The van der Waals surface area contributed by atoms with Gasteiger partial charge in [0.2, 0.25) is 0 Å². The third-order valence-corrected chi connectivity index (χ3v) is 2.37. The van der Waals surface area contributed by atoms with E-state index >= 15 is 0 Å². The van der Waals surface area contributed by atoms with E-state index in [1.807, 2.05) is 0 Å². The van der Waals surface area contributed by atoms with Crippen molar-refractivity contribution in [3.8, 4) is 5.75 Å². The summed E-state index contributed by atoms with van der Waals surface area (Å²) in [5.74, 6) is -0.0262. The van der Waals surface area contributed by atoms with Gasteiger partial charge in [-0.25, -0.2) is 0 Å². The average molecular weight is 242 g/mol. The molecule has 0 saturated carbocycles. The predicted octanol–water partition coefficient (Wildman–Crippen LogP) is 4.05. The third-order valence-electron chi connectivity index (χ3n) is 1.77. The van der Waals surface area contributed by atoms with Crippen LogP contribution in [0.1, 0.15) is 0 Å². The number of pyridine rings is 1. The lowest BCUT2D eigenvalue weighted by molar-refractivity contribution is 0.480. The molecule has 0 fully saturated rings. The number of fused-ring (bicyclic) bond motifs is 1. The quantitative estimate of drug-likeness (QED) is 0.707. The van der Waals surface area contributed by atoms with Crippen LogP contribution in [-0.2, 0) is 0 Å². The molecule has 0 aliphatic rings. The van der Waals surface area contributed by atoms with Gasteiger partial charge >= 0.3 is 0 Å². The van der Waals surface area contributed by atoms with Crippen LogP contribution in [0.3, 0.4) is 0 Å². The first-order valence-electron chi connectivity index (χ1n) is 4.12. The molecule has 78 valence electrons. The van der Waals surface area contributed by atoms with E-state index in [2.05, 4.69) is 18.1 Å². The highest BCUT2D eigenvalue weighted by molar-refractivity contribution is 6.39. The summed E-state index contributed by atoms with van der Waals surface area (Å²) in [6.07, 6.45) is 1.58. The van der Waals surface area contributed by atoms with Crippen molar-refractivity contribution in [1.82, 2.24) is 4.98 Å². The summed E-state index contributed by atoms with van der Waals surface area (Å²) < 4.78 is 0. The molecule has 0 radical (unpaired) electrons. The van der Waals surface area contributed by atoms with Crippen molar-refractivity contribution >= 4 is 34.1 Å². The molecule has 0 amide bonds. The predicted molar refractivity (Wildman–Crippen MR) is 64.7 cm³/mol. The Morgan fingerprint density at radius 2 is 1.87 bits per heavy atom. The van der Waals surface area contributed by atoms with Gasteiger partial charge in [-0.1, -0.05) is 23.2 Å². The summed E-state index contributed by atoms with van der Waals surface area (Å²) >= 11 is 11.6. The van der Waals surface area contributed by atoms with E-state index in [0.29, 0.717) is 15.9 Å². The molecule has 1 heterocycles. The summed E-state index contributed by atoms with van der Waals surface area (Å²) in [4.78, 5) is 3.98. The zero-order chi connectivity index (χ0) is 11.4. The summed E-state index contributed by atoms with van der Waals surface area (Å²) in [5, 5.41) is 10.9. The van der Waals surface area contributed by atoms with E-state index in [-0.39, 0.29) is 10.8 Å². The van der Waals surface area contributed by atoms with Gasteiger partial charge in [-0.05, 0) is 18.2 Å². The van der Waals surface area contributed by atoms with E-state index in [9.17, 15) is 5.11 Å². The van der Waals surface area contributed by atoms with Gasteiger partial charge in [0.25, 0.3) is 0 Å². The summed E-state index contributed by atoms with van der Waals surface area (Å²) in [7, 11) is 0. The van der Waals surface area contributed by atoms with Gasteiger partial charge in [0, 0.05) is 11.6 Å². The van der Waals surface area contributed by atoms with Crippen molar-refractivity contribution in [1.29, 1.82) is 0 Å². The first kappa shape index (κ1) is 11.8. The summed E-state index contributed by atoms with van der Waals surface area (Å²) in [6.45, 7) is 6.00. The van der Waals surface area contributed by atoms with Crippen LogP contribution in [0.15, 0.2) is 37.6 Å². The average Bonchev–Trinajstić information content (AvgIpc) is 2.29. The molecule has 2 aromatic rings. The van der Waals surface area contributed by atoms with Crippen LogP contribution >= 0.6 is 23.2 Å². The fourth-order valence-electron chi connectivity index (χ4n) is 1.16. The zero-order valence-electron chi connectivity index (χ0n) is 7.87. The SMILES string of the molecule is C=C.Oc1c(Cl)cc(Cl)c2cccnc12. The maximum Gasteiger partial charge on any atom is 0.160 e. The molecule has 1 aromatic heterocycles. The largest absolute Gasteiger partial charge is 0.504 e. The minimum atomic E-state index is -0.0262. The van der Waals surface area contributed by atoms with Crippen LogP contribution in [0.4, 0.5) is 0 Å². The number of rotatable bonds is 0. The lowest BCUT2D eigenvalue weighted by Gasteiger charge is -2.03. The molecule has 0 aliphatic carbocycles. The Balaban J connectivity index is 0.000000531. The smallest absolute Gasteiger partial charge is 0.160 e. The lowest BCUT2D eigenvalue weighted by atomic mass is 10.2. The molecule has 2 nitrogen and oxygen atoms in total. The Bertz CT molecular complexity index is 485. The van der Waals surface area contributed by atoms with Crippen molar-refractivity contribution in [2.45, 2.75) is 0 Å². The molecule has 0 atom stereocenters. The molecule has 0 bridgehead atoms. The topological polar surface area (TPSA) is 33.1 Å². The number of benzene rings is 1. The molecule has 0 unspecified atom stereocenters. The number of hydrogen-bond acceptors (Lipinski definition) is 2. The Morgan fingerprint density at radius 1 is 1.20 bits per heavy atom. The minimum absolute atomic E-state index is 0.0262.